The van der Waals surface area contributed by atoms with Crippen LogP contribution in [0.4, 0.5) is 5.69 Å². The molecule has 0 aliphatic carbocycles. The van der Waals surface area contributed by atoms with Crippen molar-refractivity contribution in [1.82, 2.24) is 9.88 Å². The Balaban J connectivity index is 2.62. The predicted octanol–water partition coefficient (Wildman–Crippen LogP) is 0.593. The number of nitrogens with one attached hydrogen (secondary N) is 1. The first-order valence-corrected chi connectivity index (χ1v) is 5.50. The van der Waals surface area contributed by atoms with Crippen molar-refractivity contribution in [3.8, 4) is 0 Å². The fraction of sp³-hybridized carbons (Fsp3) is 0.500. The van der Waals surface area contributed by atoms with Gasteiger partial charge in [-0.05, 0) is 11.5 Å². The zero-order valence-electron chi connectivity index (χ0n) is 10.5. The first-order chi connectivity index (χ1) is 7.78. The zero-order chi connectivity index (χ0) is 13.1. The molecule has 1 aromatic heterocycles. The molecule has 17 heavy (non-hydrogen) atoms. The molecule has 1 heterocycles. The van der Waals surface area contributed by atoms with Crippen LogP contribution in [0.15, 0.2) is 23.1 Å². The number of carbonyl (C=O) groups excluding carboxylic acids is 1. The van der Waals surface area contributed by atoms with Gasteiger partial charge in [-0.15, -0.1) is 0 Å². The van der Waals surface area contributed by atoms with Crippen molar-refractivity contribution in [2.24, 2.45) is 5.41 Å². The van der Waals surface area contributed by atoms with Crippen LogP contribution in [0, 0.1) is 5.41 Å². The fourth-order valence-electron chi connectivity index (χ4n) is 1.25. The van der Waals surface area contributed by atoms with Gasteiger partial charge in [-0.3, -0.25) is 9.59 Å². The summed E-state index contributed by atoms with van der Waals surface area (Å²) in [5.74, 6) is -0.187. The number of hydrogen-bond donors (Lipinski definition) is 2. The maximum atomic E-state index is 11.6. The number of nitrogen functional groups attached to an aromatic ring is 1. The van der Waals surface area contributed by atoms with Gasteiger partial charge >= 0.3 is 0 Å². The highest BCUT2D eigenvalue weighted by Crippen LogP contribution is 2.10. The maximum absolute atomic E-state index is 11.6. The summed E-state index contributed by atoms with van der Waals surface area (Å²) in [6.07, 6.45) is 1.47. The summed E-state index contributed by atoms with van der Waals surface area (Å²) >= 11 is 0. The zero-order valence-corrected chi connectivity index (χ0v) is 10.5. The molecule has 1 aromatic rings. The molecule has 0 aliphatic heterocycles. The Morgan fingerprint density at radius 1 is 1.41 bits per heavy atom. The Kier molecular flexibility index (Phi) is 3.93. The molecular weight excluding hydrogens is 218 g/mol. The van der Waals surface area contributed by atoms with Crippen LogP contribution in [0.25, 0.3) is 0 Å². The molecule has 3 N–H and O–H groups in total. The molecule has 1 amide bonds. The Morgan fingerprint density at radius 3 is 2.65 bits per heavy atom. The van der Waals surface area contributed by atoms with Crippen LogP contribution in [-0.4, -0.2) is 17.0 Å². The summed E-state index contributed by atoms with van der Waals surface area (Å²) in [6, 6.07) is 2.87. The van der Waals surface area contributed by atoms with Gasteiger partial charge in [-0.2, -0.15) is 0 Å². The molecule has 0 fully saturated rings. The first kappa shape index (κ1) is 13.3. The van der Waals surface area contributed by atoms with E-state index in [4.69, 9.17) is 5.73 Å². The Labute approximate surface area is 101 Å². The normalized spacial score (nSPS) is 11.2. The van der Waals surface area contributed by atoms with E-state index >= 15 is 0 Å². The lowest BCUT2D eigenvalue weighted by atomic mass is 9.97. The fourth-order valence-corrected chi connectivity index (χ4v) is 1.25. The van der Waals surface area contributed by atoms with Crippen LogP contribution in [0.1, 0.15) is 20.8 Å². The van der Waals surface area contributed by atoms with Crippen LogP contribution in [0.2, 0.25) is 0 Å². The van der Waals surface area contributed by atoms with Crippen molar-refractivity contribution in [2.75, 3.05) is 12.3 Å². The van der Waals surface area contributed by atoms with E-state index in [-0.39, 0.29) is 23.4 Å². The number of amides is 1. The van der Waals surface area contributed by atoms with Gasteiger partial charge in [0.2, 0.25) is 5.91 Å². The molecule has 5 nitrogen and oxygen atoms in total. The number of anilines is 1. The predicted molar refractivity (Wildman–Crippen MR) is 67.6 cm³/mol. The van der Waals surface area contributed by atoms with E-state index in [0.29, 0.717) is 12.2 Å². The minimum atomic E-state index is -0.231. The number of pyridine rings is 1. The topological polar surface area (TPSA) is 77.1 Å². The lowest BCUT2D eigenvalue weighted by molar-refractivity contribution is -0.122. The molecule has 0 aromatic carbocycles. The lowest BCUT2D eigenvalue weighted by Crippen LogP contribution is -2.36. The van der Waals surface area contributed by atoms with E-state index in [9.17, 15) is 9.59 Å². The smallest absolute Gasteiger partial charge is 0.251 e. The molecule has 0 bridgehead atoms. The number of hydrogen-bond acceptors (Lipinski definition) is 3. The number of nitrogens with two attached hydrogens (primary N) is 1. The maximum Gasteiger partial charge on any atom is 0.251 e. The van der Waals surface area contributed by atoms with Gasteiger partial charge in [0.15, 0.2) is 0 Å². The summed E-state index contributed by atoms with van der Waals surface area (Å²) in [7, 11) is 0. The molecule has 0 aliphatic rings. The van der Waals surface area contributed by atoms with Gasteiger partial charge < -0.3 is 15.6 Å². The number of aromatic nitrogens is 1. The molecule has 0 unspecified atom stereocenters. The van der Waals surface area contributed by atoms with Gasteiger partial charge in [-0.1, -0.05) is 20.8 Å². The van der Waals surface area contributed by atoms with Gasteiger partial charge in [0.05, 0.1) is 0 Å². The minimum Gasteiger partial charge on any atom is -0.398 e. The average Bonchev–Trinajstić information content (AvgIpc) is 2.20. The van der Waals surface area contributed by atoms with Gasteiger partial charge in [-0.25, -0.2) is 0 Å². The van der Waals surface area contributed by atoms with E-state index in [2.05, 4.69) is 5.32 Å². The Hall–Kier alpha value is -1.78. The Morgan fingerprint density at radius 2 is 2.06 bits per heavy atom. The van der Waals surface area contributed by atoms with E-state index < -0.39 is 0 Å². The monoisotopic (exact) mass is 237 g/mol. The highest BCUT2D eigenvalue weighted by Gasteiger charge is 2.12. The van der Waals surface area contributed by atoms with Crippen molar-refractivity contribution in [1.29, 1.82) is 0 Å². The van der Waals surface area contributed by atoms with Crippen molar-refractivity contribution in [3.63, 3.8) is 0 Å². The molecule has 0 atom stereocenters. The van der Waals surface area contributed by atoms with Crippen LogP contribution in [-0.2, 0) is 11.3 Å². The first-order valence-electron chi connectivity index (χ1n) is 5.50. The summed E-state index contributed by atoms with van der Waals surface area (Å²) in [6.45, 7) is 6.66. The van der Waals surface area contributed by atoms with E-state index in [1.165, 1.54) is 22.9 Å². The standard InChI is InChI=1S/C12H19N3O2/c1-12(2,3)8-14-10(16)7-15-6-9(13)4-5-11(15)17/h4-6H,7-8,13H2,1-3H3,(H,14,16). The summed E-state index contributed by atoms with van der Waals surface area (Å²) in [5, 5.41) is 2.78. The highest BCUT2D eigenvalue weighted by atomic mass is 16.2. The van der Waals surface area contributed by atoms with Crippen LogP contribution in [0.3, 0.4) is 0 Å². The minimum absolute atomic E-state index is 0.0000463. The molecule has 0 spiro atoms. The van der Waals surface area contributed by atoms with Crippen molar-refractivity contribution in [2.45, 2.75) is 27.3 Å². The van der Waals surface area contributed by atoms with Crippen molar-refractivity contribution in [3.05, 3.63) is 28.7 Å². The SMILES string of the molecule is CC(C)(C)CNC(=O)Cn1cc(N)ccc1=O. The van der Waals surface area contributed by atoms with Crippen molar-refractivity contribution >= 4 is 11.6 Å². The second-order valence-electron chi connectivity index (χ2n) is 5.27. The second kappa shape index (κ2) is 5.03. The third kappa shape index (κ3) is 4.72. The average molecular weight is 237 g/mol. The van der Waals surface area contributed by atoms with Crippen LogP contribution in [0.5, 0.6) is 0 Å². The van der Waals surface area contributed by atoms with Gasteiger partial charge in [0, 0.05) is 24.5 Å². The molecule has 1 rings (SSSR count). The van der Waals surface area contributed by atoms with E-state index in [0.717, 1.165) is 0 Å². The quantitative estimate of drug-likeness (QED) is 0.808. The lowest BCUT2D eigenvalue weighted by Gasteiger charge is -2.18. The number of carbonyl (C=O) groups is 1. The molecule has 0 saturated heterocycles. The van der Waals surface area contributed by atoms with E-state index in [1.54, 1.807) is 0 Å². The molecule has 5 heteroatoms. The Bertz CT molecular complexity index is 458. The third-order valence-electron chi connectivity index (χ3n) is 2.14. The molecule has 0 saturated carbocycles. The van der Waals surface area contributed by atoms with Crippen LogP contribution >= 0.6 is 0 Å². The van der Waals surface area contributed by atoms with Crippen LogP contribution < -0.4 is 16.6 Å². The molecule has 94 valence electrons. The van der Waals surface area contributed by atoms with Gasteiger partial charge in [0.25, 0.3) is 5.56 Å². The second-order valence-corrected chi connectivity index (χ2v) is 5.27. The summed E-state index contributed by atoms with van der Waals surface area (Å²) in [4.78, 5) is 23.0. The molecular formula is C12H19N3O2. The number of nitrogens with zero attached hydrogens (tertiary/aromatic N) is 1. The van der Waals surface area contributed by atoms with E-state index in [1.807, 2.05) is 20.8 Å². The highest BCUT2D eigenvalue weighted by molar-refractivity contribution is 5.75. The van der Waals surface area contributed by atoms with Crippen molar-refractivity contribution < 1.29 is 4.79 Å². The molecule has 0 radical (unpaired) electrons. The number of rotatable bonds is 3. The third-order valence-corrected chi connectivity index (χ3v) is 2.14. The summed E-state index contributed by atoms with van der Waals surface area (Å²) in [5.41, 5.74) is 5.81. The summed E-state index contributed by atoms with van der Waals surface area (Å²) < 4.78 is 1.30. The largest absolute Gasteiger partial charge is 0.398 e. The van der Waals surface area contributed by atoms with Gasteiger partial charge in [0.1, 0.15) is 6.54 Å².